The Bertz CT molecular complexity index is 460. The fourth-order valence-electron chi connectivity index (χ4n) is 1.38. The van der Waals surface area contributed by atoms with Crippen molar-refractivity contribution in [2.75, 3.05) is 6.61 Å². The van der Waals surface area contributed by atoms with Gasteiger partial charge in [-0.1, -0.05) is 11.4 Å². The molecule has 0 spiro atoms. The molecule has 0 bridgehead atoms. The second-order valence-electron chi connectivity index (χ2n) is 3.60. The van der Waals surface area contributed by atoms with Crippen LogP contribution >= 0.6 is 11.5 Å². The van der Waals surface area contributed by atoms with Crippen LogP contribution in [0.2, 0.25) is 0 Å². The van der Waals surface area contributed by atoms with Gasteiger partial charge in [-0.05, 0) is 29.6 Å². The van der Waals surface area contributed by atoms with E-state index < -0.39 is 0 Å². The molecule has 1 unspecified atom stereocenters. The lowest BCUT2D eigenvalue weighted by atomic mass is 10.1. The molecule has 6 heteroatoms. The number of nitrogens with zero attached hydrogens (tertiary/aromatic N) is 3. The lowest BCUT2D eigenvalue weighted by Gasteiger charge is -2.10. The minimum atomic E-state index is -0.243. The molecule has 5 nitrogen and oxygen atoms in total. The van der Waals surface area contributed by atoms with Gasteiger partial charge in [0.05, 0.1) is 29.9 Å². The molecule has 2 N–H and O–H groups in total. The standard InChI is InChI=1S/C11H14N4OS/c1-2-3-16-9-4-8(5-13-6-9)11(12)10-7-14-15-17-10/h4-7,11H,2-3,12H2,1H3. The normalized spacial score (nSPS) is 12.4. The van der Waals surface area contributed by atoms with Crippen LogP contribution in [0.15, 0.2) is 24.7 Å². The Kier molecular flexibility index (Phi) is 4.00. The maximum Gasteiger partial charge on any atom is 0.137 e. The van der Waals surface area contributed by atoms with Gasteiger partial charge < -0.3 is 10.5 Å². The van der Waals surface area contributed by atoms with Gasteiger partial charge in [0.15, 0.2) is 0 Å². The molecule has 2 heterocycles. The van der Waals surface area contributed by atoms with Crippen LogP contribution in [0.4, 0.5) is 0 Å². The maximum atomic E-state index is 6.09. The minimum absolute atomic E-state index is 0.243. The van der Waals surface area contributed by atoms with Gasteiger partial charge in [0, 0.05) is 6.20 Å². The Morgan fingerprint density at radius 2 is 2.29 bits per heavy atom. The maximum absolute atomic E-state index is 6.09. The Balaban J connectivity index is 2.15. The lowest BCUT2D eigenvalue weighted by Crippen LogP contribution is -2.11. The summed E-state index contributed by atoms with van der Waals surface area (Å²) < 4.78 is 9.32. The highest BCUT2D eigenvalue weighted by Crippen LogP contribution is 2.23. The van der Waals surface area contributed by atoms with Crippen LogP contribution in [0.5, 0.6) is 5.75 Å². The third kappa shape index (κ3) is 2.98. The zero-order chi connectivity index (χ0) is 12.1. The molecule has 2 aromatic heterocycles. The van der Waals surface area contributed by atoms with E-state index >= 15 is 0 Å². The van der Waals surface area contributed by atoms with Gasteiger partial charge in [-0.3, -0.25) is 4.98 Å². The van der Waals surface area contributed by atoms with Gasteiger partial charge in [0.2, 0.25) is 0 Å². The molecule has 2 rings (SSSR count). The first-order chi connectivity index (χ1) is 8.31. The summed E-state index contributed by atoms with van der Waals surface area (Å²) in [6.45, 7) is 2.74. The van der Waals surface area contributed by atoms with E-state index in [-0.39, 0.29) is 6.04 Å². The van der Waals surface area contributed by atoms with E-state index in [1.807, 2.05) is 6.07 Å². The molecular formula is C11H14N4OS. The molecule has 90 valence electrons. The predicted octanol–water partition coefficient (Wildman–Crippen LogP) is 1.77. The van der Waals surface area contributed by atoms with E-state index in [4.69, 9.17) is 10.5 Å². The van der Waals surface area contributed by atoms with Gasteiger partial charge >= 0.3 is 0 Å². The van der Waals surface area contributed by atoms with Gasteiger partial charge in [-0.2, -0.15) is 0 Å². The van der Waals surface area contributed by atoms with Gasteiger partial charge in [0.25, 0.3) is 0 Å². The number of hydrogen-bond acceptors (Lipinski definition) is 6. The van der Waals surface area contributed by atoms with Crippen molar-refractivity contribution in [2.45, 2.75) is 19.4 Å². The molecule has 0 fully saturated rings. The van der Waals surface area contributed by atoms with E-state index in [2.05, 4.69) is 21.5 Å². The summed E-state index contributed by atoms with van der Waals surface area (Å²) >= 11 is 1.29. The van der Waals surface area contributed by atoms with Gasteiger partial charge in [-0.15, -0.1) is 5.10 Å². The van der Waals surface area contributed by atoms with Gasteiger partial charge in [-0.25, -0.2) is 0 Å². The molecule has 1 atom stereocenters. The Labute approximate surface area is 104 Å². The molecule has 0 aliphatic carbocycles. The molecule has 0 aliphatic rings. The topological polar surface area (TPSA) is 73.9 Å². The second-order valence-corrected chi connectivity index (χ2v) is 4.42. The third-order valence-corrected chi connectivity index (χ3v) is 3.00. The van der Waals surface area contributed by atoms with Crippen molar-refractivity contribution in [1.29, 1.82) is 0 Å². The predicted molar refractivity (Wildman–Crippen MR) is 66.0 cm³/mol. The average molecular weight is 250 g/mol. The molecular weight excluding hydrogens is 236 g/mol. The Morgan fingerprint density at radius 1 is 1.41 bits per heavy atom. The van der Waals surface area contributed by atoms with E-state index in [9.17, 15) is 0 Å². The van der Waals surface area contributed by atoms with Crippen molar-refractivity contribution < 1.29 is 4.74 Å². The van der Waals surface area contributed by atoms with Gasteiger partial charge in [0.1, 0.15) is 5.75 Å². The molecule has 0 radical (unpaired) electrons. The molecule has 0 saturated carbocycles. The highest BCUT2D eigenvalue weighted by Gasteiger charge is 2.12. The molecule has 2 aromatic rings. The van der Waals surface area contributed by atoms with Crippen molar-refractivity contribution in [1.82, 2.24) is 14.6 Å². The summed E-state index contributed by atoms with van der Waals surface area (Å²) in [6.07, 6.45) is 6.07. The lowest BCUT2D eigenvalue weighted by molar-refractivity contribution is 0.315. The number of hydrogen-bond donors (Lipinski definition) is 1. The van der Waals surface area contributed by atoms with E-state index in [0.717, 1.165) is 22.6 Å². The van der Waals surface area contributed by atoms with Crippen LogP contribution in [-0.4, -0.2) is 21.2 Å². The highest BCUT2D eigenvalue weighted by atomic mass is 32.1. The summed E-state index contributed by atoms with van der Waals surface area (Å²) in [5.41, 5.74) is 7.00. The van der Waals surface area contributed by atoms with Crippen LogP contribution in [-0.2, 0) is 0 Å². The number of ether oxygens (including phenoxy) is 1. The van der Waals surface area contributed by atoms with Crippen LogP contribution in [0.25, 0.3) is 0 Å². The van der Waals surface area contributed by atoms with Crippen molar-refractivity contribution in [3.05, 3.63) is 35.1 Å². The molecule has 0 aromatic carbocycles. The van der Waals surface area contributed by atoms with E-state index in [1.54, 1.807) is 18.6 Å². The Morgan fingerprint density at radius 3 is 3.00 bits per heavy atom. The zero-order valence-electron chi connectivity index (χ0n) is 9.54. The van der Waals surface area contributed by atoms with Crippen LogP contribution < -0.4 is 10.5 Å². The van der Waals surface area contributed by atoms with Crippen LogP contribution in [0, 0.1) is 0 Å². The first-order valence-electron chi connectivity index (χ1n) is 5.42. The second kappa shape index (κ2) is 5.70. The highest BCUT2D eigenvalue weighted by molar-refractivity contribution is 7.05. The number of aromatic nitrogens is 3. The molecule has 0 saturated heterocycles. The fraction of sp³-hybridized carbons (Fsp3) is 0.364. The largest absolute Gasteiger partial charge is 0.492 e. The summed E-state index contributed by atoms with van der Waals surface area (Å²) in [6, 6.07) is 1.67. The SMILES string of the molecule is CCCOc1cncc(C(N)c2cnns2)c1. The van der Waals surface area contributed by atoms with Crippen molar-refractivity contribution in [3.8, 4) is 5.75 Å². The monoisotopic (exact) mass is 250 g/mol. The Hall–Kier alpha value is -1.53. The van der Waals surface area contributed by atoms with Crippen molar-refractivity contribution in [2.24, 2.45) is 5.73 Å². The van der Waals surface area contributed by atoms with E-state index in [0.29, 0.717) is 6.61 Å². The smallest absolute Gasteiger partial charge is 0.137 e. The minimum Gasteiger partial charge on any atom is -0.492 e. The fourth-order valence-corrected chi connectivity index (χ4v) is 1.91. The summed E-state index contributed by atoms with van der Waals surface area (Å²) in [4.78, 5) is 5.04. The first-order valence-corrected chi connectivity index (χ1v) is 6.19. The molecule has 0 amide bonds. The molecule has 17 heavy (non-hydrogen) atoms. The molecule has 0 aliphatic heterocycles. The van der Waals surface area contributed by atoms with Crippen molar-refractivity contribution in [3.63, 3.8) is 0 Å². The zero-order valence-corrected chi connectivity index (χ0v) is 10.4. The first kappa shape index (κ1) is 11.9. The number of rotatable bonds is 5. The van der Waals surface area contributed by atoms with Crippen molar-refractivity contribution >= 4 is 11.5 Å². The number of pyridine rings is 1. The third-order valence-electron chi connectivity index (χ3n) is 2.25. The summed E-state index contributed by atoms with van der Waals surface area (Å²) in [5.74, 6) is 0.747. The van der Waals surface area contributed by atoms with Crippen LogP contribution in [0.1, 0.15) is 29.8 Å². The average Bonchev–Trinajstić information content (AvgIpc) is 2.89. The number of nitrogens with two attached hydrogens (primary N) is 1. The van der Waals surface area contributed by atoms with E-state index in [1.165, 1.54) is 11.5 Å². The quantitative estimate of drug-likeness (QED) is 0.875. The summed E-state index contributed by atoms with van der Waals surface area (Å²) in [7, 11) is 0. The summed E-state index contributed by atoms with van der Waals surface area (Å²) in [5, 5.41) is 3.78. The van der Waals surface area contributed by atoms with Crippen LogP contribution in [0.3, 0.4) is 0 Å².